The normalized spacial score (nSPS) is 12.6. The maximum Gasteiger partial charge on any atom is 0.114 e. The maximum absolute atomic E-state index is 4.58. The van der Waals surface area contributed by atoms with Crippen molar-refractivity contribution in [3.8, 4) is 0 Å². The third kappa shape index (κ3) is 2.93. The molecule has 0 saturated heterocycles. The minimum absolute atomic E-state index is 0.222. The van der Waals surface area contributed by atoms with Crippen LogP contribution in [-0.4, -0.2) is 11.5 Å². The highest BCUT2D eigenvalue weighted by atomic mass is 32.1. The molecule has 90 valence electrons. The molecule has 0 aliphatic heterocycles. The molecule has 0 aliphatic rings. The van der Waals surface area contributed by atoms with Crippen molar-refractivity contribution >= 4 is 11.3 Å². The van der Waals surface area contributed by atoms with Crippen molar-refractivity contribution in [1.29, 1.82) is 0 Å². The Morgan fingerprint density at radius 2 is 1.94 bits per heavy atom. The molecule has 0 fully saturated rings. The van der Waals surface area contributed by atoms with Gasteiger partial charge in [0.05, 0.1) is 6.04 Å². The van der Waals surface area contributed by atoms with Crippen molar-refractivity contribution in [2.45, 2.75) is 26.8 Å². The molecule has 1 atom stereocenters. The van der Waals surface area contributed by atoms with Crippen LogP contribution in [0.25, 0.3) is 0 Å². The number of aromatic nitrogens is 1. The van der Waals surface area contributed by atoms with Gasteiger partial charge in [-0.05, 0) is 26.0 Å². The van der Waals surface area contributed by atoms with Gasteiger partial charge in [-0.15, -0.1) is 11.3 Å². The molecule has 3 heteroatoms. The molecule has 1 unspecified atom stereocenters. The van der Waals surface area contributed by atoms with Gasteiger partial charge in [0.25, 0.3) is 0 Å². The Hall–Kier alpha value is -1.19. The van der Waals surface area contributed by atoms with Crippen LogP contribution in [0.15, 0.2) is 29.6 Å². The van der Waals surface area contributed by atoms with Crippen LogP contribution in [0.1, 0.15) is 34.8 Å². The minimum atomic E-state index is 0.222. The standard InChI is InChI=1S/C14H18N2S/c1-4-15-13(14-16-11(3)9-17-14)12-7-5-10(2)6-8-12/h5-9,13,15H,4H2,1-3H3. The number of aryl methyl sites for hydroxylation is 2. The highest BCUT2D eigenvalue weighted by Crippen LogP contribution is 2.25. The number of hydrogen-bond donors (Lipinski definition) is 1. The van der Waals surface area contributed by atoms with Crippen LogP contribution in [0, 0.1) is 13.8 Å². The lowest BCUT2D eigenvalue weighted by Gasteiger charge is -2.16. The summed E-state index contributed by atoms with van der Waals surface area (Å²) < 4.78 is 0. The molecule has 0 spiro atoms. The monoisotopic (exact) mass is 246 g/mol. The van der Waals surface area contributed by atoms with Crippen LogP contribution in [0.5, 0.6) is 0 Å². The van der Waals surface area contributed by atoms with Gasteiger partial charge in [-0.1, -0.05) is 36.8 Å². The van der Waals surface area contributed by atoms with E-state index < -0.39 is 0 Å². The Balaban J connectivity index is 2.31. The van der Waals surface area contributed by atoms with Crippen LogP contribution in [0.4, 0.5) is 0 Å². The molecular formula is C14H18N2S. The summed E-state index contributed by atoms with van der Waals surface area (Å²) in [5.41, 5.74) is 3.67. The van der Waals surface area contributed by atoms with E-state index in [1.807, 2.05) is 6.92 Å². The average molecular weight is 246 g/mol. The van der Waals surface area contributed by atoms with Gasteiger partial charge >= 0.3 is 0 Å². The number of thiazole rings is 1. The lowest BCUT2D eigenvalue weighted by atomic mass is 10.1. The molecule has 0 radical (unpaired) electrons. The Morgan fingerprint density at radius 3 is 2.47 bits per heavy atom. The lowest BCUT2D eigenvalue weighted by Crippen LogP contribution is -2.21. The first-order valence-electron chi connectivity index (χ1n) is 5.92. The van der Waals surface area contributed by atoms with Gasteiger partial charge in [0, 0.05) is 11.1 Å². The maximum atomic E-state index is 4.58. The van der Waals surface area contributed by atoms with Gasteiger partial charge in [0.1, 0.15) is 5.01 Å². The first kappa shape index (κ1) is 12.3. The van der Waals surface area contributed by atoms with Gasteiger partial charge < -0.3 is 5.32 Å². The molecule has 17 heavy (non-hydrogen) atoms. The fraction of sp³-hybridized carbons (Fsp3) is 0.357. The molecular weight excluding hydrogens is 228 g/mol. The number of hydrogen-bond acceptors (Lipinski definition) is 3. The Kier molecular flexibility index (Phi) is 3.92. The van der Waals surface area contributed by atoms with E-state index in [9.17, 15) is 0 Å². The van der Waals surface area contributed by atoms with E-state index in [4.69, 9.17) is 0 Å². The zero-order chi connectivity index (χ0) is 12.3. The molecule has 0 aliphatic carbocycles. The second kappa shape index (κ2) is 5.43. The van der Waals surface area contributed by atoms with E-state index in [2.05, 4.69) is 53.8 Å². The first-order chi connectivity index (χ1) is 8.20. The third-order valence-electron chi connectivity index (χ3n) is 2.70. The highest BCUT2D eigenvalue weighted by molar-refractivity contribution is 7.09. The number of nitrogens with zero attached hydrogens (tertiary/aromatic N) is 1. The Labute approximate surface area is 107 Å². The van der Waals surface area contributed by atoms with Crippen LogP contribution in [0.3, 0.4) is 0 Å². The summed E-state index contributed by atoms with van der Waals surface area (Å²) in [6.45, 7) is 7.22. The number of benzene rings is 1. The third-order valence-corrected chi connectivity index (χ3v) is 3.73. The Bertz CT molecular complexity index is 473. The summed E-state index contributed by atoms with van der Waals surface area (Å²) in [5.74, 6) is 0. The summed E-state index contributed by atoms with van der Waals surface area (Å²) in [6.07, 6.45) is 0. The van der Waals surface area contributed by atoms with E-state index in [1.165, 1.54) is 11.1 Å². The summed E-state index contributed by atoms with van der Waals surface area (Å²) in [6, 6.07) is 8.89. The largest absolute Gasteiger partial charge is 0.305 e. The first-order valence-corrected chi connectivity index (χ1v) is 6.80. The van der Waals surface area contributed by atoms with Crippen molar-refractivity contribution in [2.24, 2.45) is 0 Å². The zero-order valence-electron chi connectivity index (χ0n) is 10.5. The van der Waals surface area contributed by atoms with E-state index in [0.717, 1.165) is 17.2 Å². The molecule has 2 rings (SSSR count). The van der Waals surface area contributed by atoms with E-state index in [1.54, 1.807) is 11.3 Å². The smallest absolute Gasteiger partial charge is 0.114 e. The molecule has 1 aromatic heterocycles. The van der Waals surface area contributed by atoms with Gasteiger partial charge in [0.15, 0.2) is 0 Å². The van der Waals surface area contributed by atoms with Crippen molar-refractivity contribution in [2.75, 3.05) is 6.54 Å². The summed E-state index contributed by atoms with van der Waals surface area (Å²) in [5, 5.41) is 6.75. The number of rotatable bonds is 4. The van der Waals surface area contributed by atoms with Crippen LogP contribution in [-0.2, 0) is 0 Å². The summed E-state index contributed by atoms with van der Waals surface area (Å²) in [7, 11) is 0. The summed E-state index contributed by atoms with van der Waals surface area (Å²) in [4.78, 5) is 4.58. The molecule has 1 heterocycles. The molecule has 0 saturated carbocycles. The molecule has 0 amide bonds. The van der Waals surface area contributed by atoms with Gasteiger partial charge in [-0.3, -0.25) is 0 Å². The van der Waals surface area contributed by atoms with Crippen LogP contribution >= 0.6 is 11.3 Å². The molecule has 1 aromatic carbocycles. The quantitative estimate of drug-likeness (QED) is 0.893. The lowest BCUT2D eigenvalue weighted by molar-refractivity contribution is 0.626. The molecule has 0 bridgehead atoms. The van der Waals surface area contributed by atoms with Crippen LogP contribution in [0.2, 0.25) is 0 Å². The second-order valence-corrected chi connectivity index (χ2v) is 5.12. The van der Waals surface area contributed by atoms with Gasteiger partial charge in [-0.2, -0.15) is 0 Å². The van der Waals surface area contributed by atoms with Gasteiger partial charge in [0.2, 0.25) is 0 Å². The SMILES string of the molecule is CCNC(c1ccc(C)cc1)c1nc(C)cs1. The second-order valence-electron chi connectivity index (χ2n) is 4.23. The zero-order valence-corrected chi connectivity index (χ0v) is 11.3. The molecule has 2 nitrogen and oxygen atoms in total. The van der Waals surface area contributed by atoms with Crippen molar-refractivity contribution in [1.82, 2.24) is 10.3 Å². The fourth-order valence-corrected chi connectivity index (χ4v) is 2.71. The van der Waals surface area contributed by atoms with Crippen molar-refractivity contribution in [3.63, 3.8) is 0 Å². The van der Waals surface area contributed by atoms with Crippen LogP contribution < -0.4 is 5.32 Å². The fourth-order valence-electron chi connectivity index (χ4n) is 1.82. The van der Waals surface area contributed by atoms with Crippen molar-refractivity contribution < 1.29 is 0 Å². The van der Waals surface area contributed by atoms with Crippen molar-refractivity contribution in [3.05, 3.63) is 51.5 Å². The average Bonchev–Trinajstić information content (AvgIpc) is 2.74. The van der Waals surface area contributed by atoms with Gasteiger partial charge in [-0.25, -0.2) is 4.98 Å². The predicted octanol–water partition coefficient (Wildman–Crippen LogP) is 3.46. The van der Waals surface area contributed by atoms with E-state index >= 15 is 0 Å². The topological polar surface area (TPSA) is 24.9 Å². The van der Waals surface area contributed by atoms with E-state index in [0.29, 0.717) is 0 Å². The van der Waals surface area contributed by atoms with E-state index in [-0.39, 0.29) is 6.04 Å². The molecule has 1 N–H and O–H groups in total. The minimum Gasteiger partial charge on any atom is -0.305 e. The predicted molar refractivity (Wildman–Crippen MR) is 73.5 cm³/mol. The Morgan fingerprint density at radius 1 is 1.24 bits per heavy atom. The molecule has 2 aromatic rings. The summed E-state index contributed by atoms with van der Waals surface area (Å²) >= 11 is 1.72. The highest BCUT2D eigenvalue weighted by Gasteiger charge is 2.15. The number of nitrogens with one attached hydrogen (secondary N) is 1.